The standard InChI is InChI=1S/C51H37NOS/c1-34-11-3-2-4-13-35(14-9-12-34)36-23-28-40(29-24-36)52(46-18-10-17-43-42-15-6-8-20-49(42)54-51(43)46)41-30-25-37(26-31-41)39-22-21-38-27-32-48-50(45(38)33-39)44-16-5-7-19-47(44)53-48/h2-12,14-16,18-33,43H,1,13,17H2/b4-2-,11-3-,12-9?,35-14+. The summed E-state index contributed by atoms with van der Waals surface area (Å²) in [6.45, 7) is 4.12. The second kappa shape index (κ2) is 13.6. The second-order valence-electron chi connectivity index (χ2n) is 14.1. The highest BCUT2D eigenvalue weighted by Gasteiger charge is 2.33. The summed E-state index contributed by atoms with van der Waals surface area (Å²) in [4.78, 5) is 5.22. The molecule has 0 fully saturated rings. The van der Waals surface area contributed by atoms with Crippen LogP contribution < -0.4 is 4.90 Å². The van der Waals surface area contributed by atoms with E-state index in [2.05, 4.69) is 175 Å². The van der Waals surface area contributed by atoms with E-state index in [1.54, 1.807) is 0 Å². The first-order valence-corrected chi connectivity index (χ1v) is 19.4. The average molecular weight is 712 g/mol. The number of furan rings is 1. The fraction of sp³-hybridized carbons (Fsp3) is 0.0588. The van der Waals surface area contributed by atoms with Crippen molar-refractivity contribution in [1.29, 1.82) is 0 Å². The number of rotatable bonds is 5. The van der Waals surface area contributed by atoms with E-state index in [1.807, 2.05) is 30.0 Å². The third-order valence-corrected chi connectivity index (χ3v) is 12.1. The van der Waals surface area contributed by atoms with Crippen LogP contribution >= 0.6 is 11.8 Å². The summed E-state index contributed by atoms with van der Waals surface area (Å²) in [7, 11) is 0. The molecule has 1 aromatic heterocycles. The number of hydrogen-bond acceptors (Lipinski definition) is 3. The van der Waals surface area contributed by atoms with Gasteiger partial charge in [0, 0.05) is 37.9 Å². The topological polar surface area (TPSA) is 16.4 Å². The van der Waals surface area contributed by atoms with Gasteiger partial charge in [-0.05, 0) is 112 Å². The number of hydrogen-bond donors (Lipinski definition) is 0. The molecule has 2 heterocycles. The molecular weight excluding hydrogens is 675 g/mol. The van der Waals surface area contributed by atoms with Gasteiger partial charge in [-0.25, -0.2) is 0 Å². The van der Waals surface area contributed by atoms with Gasteiger partial charge in [-0.2, -0.15) is 0 Å². The molecule has 54 heavy (non-hydrogen) atoms. The van der Waals surface area contributed by atoms with Gasteiger partial charge in [-0.1, -0.05) is 146 Å². The highest BCUT2D eigenvalue weighted by atomic mass is 32.2. The molecule has 0 N–H and O–H groups in total. The lowest BCUT2D eigenvalue weighted by atomic mass is 9.91. The normalized spacial score (nSPS) is 18.8. The van der Waals surface area contributed by atoms with Crippen LogP contribution in [0.4, 0.5) is 11.4 Å². The van der Waals surface area contributed by atoms with Gasteiger partial charge in [0.1, 0.15) is 11.2 Å². The number of anilines is 2. The maximum absolute atomic E-state index is 6.23. The summed E-state index contributed by atoms with van der Waals surface area (Å²) < 4.78 is 6.23. The molecule has 1 aliphatic heterocycles. The van der Waals surface area contributed by atoms with E-state index in [-0.39, 0.29) is 0 Å². The summed E-state index contributed by atoms with van der Waals surface area (Å²) in [5.41, 5.74) is 12.6. The number of benzene rings is 6. The molecule has 1 unspecified atom stereocenters. The maximum atomic E-state index is 6.23. The van der Waals surface area contributed by atoms with E-state index in [1.165, 1.54) is 59.5 Å². The second-order valence-corrected chi connectivity index (χ2v) is 15.2. The zero-order valence-electron chi connectivity index (χ0n) is 29.8. The Hall–Kier alpha value is -6.29. The fourth-order valence-electron chi connectivity index (χ4n) is 8.10. The van der Waals surface area contributed by atoms with Crippen LogP contribution in [0.2, 0.25) is 0 Å². The van der Waals surface area contributed by atoms with Crippen molar-refractivity contribution in [3.8, 4) is 11.1 Å². The Bertz CT molecular complexity index is 2800. The average Bonchev–Trinajstić information content (AvgIpc) is 3.80. The van der Waals surface area contributed by atoms with Crippen molar-refractivity contribution in [2.75, 3.05) is 4.90 Å². The van der Waals surface area contributed by atoms with Crippen molar-refractivity contribution in [2.45, 2.75) is 23.7 Å². The molecule has 2 nitrogen and oxygen atoms in total. The molecule has 3 heteroatoms. The molecule has 0 bridgehead atoms. The van der Waals surface area contributed by atoms with Crippen molar-refractivity contribution in [1.82, 2.24) is 0 Å². The molecular formula is C51H37NOS. The Labute approximate surface area is 320 Å². The molecule has 258 valence electrons. The third-order valence-electron chi connectivity index (χ3n) is 10.8. The van der Waals surface area contributed by atoms with E-state index in [0.29, 0.717) is 5.92 Å². The van der Waals surface area contributed by atoms with E-state index in [9.17, 15) is 0 Å². The van der Waals surface area contributed by atoms with Crippen molar-refractivity contribution in [3.63, 3.8) is 0 Å². The largest absolute Gasteiger partial charge is 0.456 e. The molecule has 2 aliphatic carbocycles. The molecule has 0 spiro atoms. The fourth-order valence-corrected chi connectivity index (χ4v) is 9.44. The minimum atomic E-state index is 0.371. The van der Waals surface area contributed by atoms with Gasteiger partial charge >= 0.3 is 0 Å². The van der Waals surface area contributed by atoms with Crippen LogP contribution in [0.25, 0.3) is 49.4 Å². The monoisotopic (exact) mass is 711 g/mol. The highest BCUT2D eigenvalue weighted by molar-refractivity contribution is 8.03. The van der Waals surface area contributed by atoms with Gasteiger partial charge in [0.05, 0.1) is 5.70 Å². The van der Waals surface area contributed by atoms with E-state index >= 15 is 0 Å². The number of fused-ring (bicyclic) bond motifs is 8. The van der Waals surface area contributed by atoms with Crippen LogP contribution in [0.3, 0.4) is 0 Å². The summed E-state index contributed by atoms with van der Waals surface area (Å²) in [6, 6.07) is 46.4. The van der Waals surface area contributed by atoms with Gasteiger partial charge in [-0.3, -0.25) is 0 Å². The summed E-state index contributed by atoms with van der Waals surface area (Å²) >= 11 is 1.93. The summed E-state index contributed by atoms with van der Waals surface area (Å²) in [5.74, 6) is 0.371. The maximum Gasteiger partial charge on any atom is 0.136 e. The van der Waals surface area contributed by atoms with Crippen LogP contribution in [0.15, 0.2) is 214 Å². The van der Waals surface area contributed by atoms with Crippen molar-refractivity contribution in [2.24, 2.45) is 0 Å². The molecule has 6 aromatic carbocycles. The van der Waals surface area contributed by atoms with Crippen molar-refractivity contribution < 1.29 is 4.42 Å². The van der Waals surface area contributed by atoms with Crippen LogP contribution in [0.5, 0.6) is 0 Å². The summed E-state index contributed by atoms with van der Waals surface area (Å²) in [6.07, 6.45) is 21.3. The quantitative estimate of drug-likeness (QED) is 0.177. The van der Waals surface area contributed by atoms with Crippen molar-refractivity contribution >= 4 is 61.4 Å². The first-order chi connectivity index (χ1) is 26.7. The minimum Gasteiger partial charge on any atom is -0.456 e. The molecule has 7 aromatic rings. The third kappa shape index (κ3) is 5.78. The Morgan fingerprint density at radius 1 is 0.630 bits per heavy atom. The minimum absolute atomic E-state index is 0.371. The molecule has 10 rings (SSSR count). The number of thioether (sulfide) groups is 1. The van der Waals surface area contributed by atoms with Gasteiger partial charge in [-0.15, -0.1) is 0 Å². The van der Waals surface area contributed by atoms with Crippen molar-refractivity contribution in [3.05, 3.63) is 216 Å². The first-order valence-electron chi connectivity index (χ1n) is 18.6. The lowest BCUT2D eigenvalue weighted by Crippen LogP contribution is -2.19. The first kappa shape index (κ1) is 32.4. The predicted octanol–water partition coefficient (Wildman–Crippen LogP) is 14.6. The number of para-hydroxylation sites is 1. The van der Waals surface area contributed by atoms with Crippen LogP contribution in [-0.2, 0) is 0 Å². The number of nitrogens with zero attached hydrogens (tertiary/aromatic N) is 1. The Morgan fingerprint density at radius 2 is 1.37 bits per heavy atom. The molecule has 3 aliphatic rings. The van der Waals surface area contributed by atoms with Crippen LogP contribution in [-0.4, -0.2) is 0 Å². The van der Waals surface area contributed by atoms with E-state index in [4.69, 9.17) is 4.42 Å². The van der Waals surface area contributed by atoms with Gasteiger partial charge in [0.15, 0.2) is 0 Å². The molecule has 0 amide bonds. The smallest absolute Gasteiger partial charge is 0.136 e. The predicted molar refractivity (Wildman–Crippen MR) is 230 cm³/mol. The molecule has 0 radical (unpaired) electrons. The highest BCUT2D eigenvalue weighted by Crippen LogP contribution is 2.54. The van der Waals surface area contributed by atoms with E-state index < -0.39 is 0 Å². The Kier molecular flexibility index (Phi) is 8.15. The molecule has 1 atom stereocenters. The zero-order valence-corrected chi connectivity index (χ0v) is 30.6. The van der Waals surface area contributed by atoms with Gasteiger partial charge in [0.2, 0.25) is 0 Å². The lowest BCUT2D eigenvalue weighted by Gasteiger charge is -2.31. The van der Waals surface area contributed by atoms with Gasteiger partial charge in [0.25, 0.3) is 0 Å². The number of allylic oxidation sites excluding steroid dienone is 12. The summed E-state index contributed by atoms with van der Waals surface area (Å²) in [5, 5.41) is 4.75. The Balaban J connectivity index is 1.05. The van der Waals surface area contributed by atoms with Crippen LogP contribution in [0, 0.1) is 0 Å². The lowest BCUT2D eigenvalue weighted by molar-refractivity contribution is 0.669. The van der Waals surface area contributed by atoms with Gasteiger partial charge < -0.3 is 9.32 Å². The van der Waals surface area contributed by atoms with E-state index in [0.717, 1.165) is 46.3 Å². The zero-order chi connectivity index (χ0) is 36.0. The molecule has 0 saturated heterocycles. The SMILES string of the molecule is C=C1C=C/C=C(/c2ccc(N(C3=C4Sc5ccccc5C4CC=C3)c3ccc(-c4ccc5ccc6oc7ccccc7c6c5c4)cc3)cc2)C/C=C\C=C/1. The Morgan fingerprint density at radius 3 is 2.24 bits per heavy atom. The van der Waals surface area contributed by atoms with Crippen LogP contribution in [0.1, 0.15) is 29.9 Å². The molecule has 0 saturated carbocycles.